The van der Waals surface area contributed by atoms with Crippen molar-refractivity contribution in [1.29, 1.82) is 0 Å². The van der Waals surface area contributed by atoms with Gasteiger partial charge >= 0.3 is 15.5 Å². The minimum Gasteiger partial charge on any atom is -0.357 e. The second-order valence-corrected chi connectivity index (χ2v) is 8.91. The number of hydrogen-bond acceptors (Lipinski definition) is 4. The van der Waals surface area contributed by atoms with Gasteiger partial charge in [-0.25, -0.2) is 13.4 Å². The Morgan fingerprint density at radius 2 is 1.97 bits per heavy atom. The number of aromatic nitrogens is 2. The fourth-order valence-corrected chi connectivity index (χ4v) is 4.28. The Morgan fingerprint density at radius 1 is 1.29 bits per heavy atom. The number of guanidine groups is 1. The van der Waals surface area contributed by atoms with Crippen LogP contribution in [0.15, 0.2) is 29.3 Å². The maximum Gasteiger partial charge on any atom is 0.511 e. The summed E-state index contributed by atoms with van der Waals surface area (Å²) in [6, 6.07) is 7.57. The third-order valence-corrected chi connectivity index (χ3v) is 6.46. The van der Waals surface area contributed by atoms with E-state index < -0.39 is 15.5 Å². The maximum absolute atomic E-state index is 12.7. The lowest BCUT2D eigenvalue weighted by atomic mass is 10.1. The first-order valence-electron chi connectivity index (χ1n) is 9.75. The molecule has 0 aliphatic carbocycles. The fourth-order valence-electron chi connectivity index (χ4n) is 3.30. The molecule has 0 saturated carbocycles. The van der Waals surface area contributed by atoms with Crippen molar-refractivity contribution in [3.05, 3.63) is 30.1 Å². The normalized spacial score (nSPS) is 16.8. The van der Waals surface area contributed by atoms with E-state index in [4.69, 9.17) is 0 Å². The monoisotopic (exact) mass is 574 g/mol. The van der Waals surface area contributed by atoms with E-state index in [-0.39, 0.29) is 55.9 Å². The quantitative estimate of drug-likeness (QED) is 0.280. The van der Waals surface area contributed by atoms with E-state index in [0.717, 1.165) is 16.9 Å². The molecule has 2 aromatic rings. The maximum atomic E-state index is 12.7. The summed E-state index contributed by atoms with van der Waals surface area (Å²) in [6.07, 6.45) is 1.14. The summed E-state index contributed by atoms with van der Waals surface area (Å²) in [7, 11) is -5.27. The zero-order chi connectivity index (χ0) is 21.8. The molecule has 1 aliphatic rings. The average molecular weight is 574 g/mol. The van der Waals surface area contributed by atoms with E-state index in [9.17, 15) is 21.6 Å². The highest BCUT2D eigenvalue weighted by atomic mass is 127. The van der Waals surface area contributed by atoms with Crippen molar-refractivity contribution in [3.63, 3.8) is 0 Å². The van der Waals surface area contributed by atoms with Crippen LogP contribution in [-0.2, 0) is 16.4 Å². The number of fused-ring (bicyclic) bond motifs is 1. The predicted octanol–water partition coefficient (Wildman–Crippen LogP) is 2.59. The van der Waals surface area contributed by atoms with Gasteiger partial charge in [0.1, 0.15) is 5.82 Å². The topological polar surface area (TPSA) is 102 Å². The Balaban J connectivity index is 0.00000341. The number of aliphatic imine (C=N–C) groups is 1. The van der Waals surface area contributed by atoms with Crippen LogP contribution >= 0.6 is 24.0 Å². The van der Waals surface area contributed by atoms with Crippen LogP contribution in [0.5, 0.6) is 0 Å². The average Bonchev–Trinajstić information content (AvgIpc) is 3.10. The molecule has 31 heavy (non-hydrogen) atoms. The predicted molar refractivity (Wildman–Crippen MR) is 124 cm³/mol. The highest BCUT2D eigenvalue weighted by molar-refractivity contribution is 14.0. The van der Waals surface area contributed by atoms with Gasteiger partial charge in [0, 0.05) is 38.6 Å². The molecule has 0 radical (unpaired) electrons. The second-order valence-electron chi connectivity index (χ2n) is 6.98. The Labute approximate surface area is 196 Å². The minimum atomic E-state index is -5.27. The summed E-state index contributed by atoms with van der Waals surface area (Å²) in [5.74, 6) is 1.37. The first kappa shape index (κ1) is 25.6. The molecular weight excluding hydrogens is 548 g/mol. The van der Waals surface area contributed by atoms with E-state index in [1.165, 1.54) is 0 Å². The molecule has 1 aliphatic heterocycles. The molecule has 0 atom stereocenters. The smallest absolute Gasteiger partial charge is 0.357 e. The van der Waals surface area contributed by atoms with Gasteiger partial charge in [0.25, 0.3) is 0 Å². The third kappa shape index (κ3) is 6.44. The Hall–Kier alpha value is -1.61. The van der Waals surface area contributed by atoms with E-state index in [1.54, 1.807) is 0 Å². The molecule has 0 amide bonds. The molecule has 3 rings (SSSR count). The lowest BCUT2D eigenvalue weighted by Gasteiger charge is -2.32. The summed E-state index contributed by atoms with van der Waals surface area (Å²) in [5.41, 5.74) is -3.41. The molecule has 0 unspecified atom stereocenters. The van der Waals surface area contributed by atoms with E-state index in [2.05, 4.69) is 25.6 Å². The van der Waals surface area contributed by atoms with Crippen LogP contribution < -0.4 is 10.6 Å². The zero-order valence-electron chi connectivity index (χ0n) is 16.9. The number of H-pyrrole nitrogens is 1. The summed E-state index contributed by atoms with van der Waals surface area (Å²) in [5, 5.41) is 6.29. The third-order valence-electron chi connectivity index (χ3n) is 4.83. The van der Waals surface area contributed by atoms with Crippen LogP contribution in [0.3, 0.4) is 0 Å². The second kappa shape index (κ2) is 10.8. The lowest BCUT2D eigenvalue weighted by molar-refractivity contribution is -0.0494. The first-order chi connectivity index (χ1) is 14.2. The largest absolute Gasteiger partial charge is 0.511 e. The van der Waals surface area contributed by atoms with Gasteiger partial charge in [0.2, 0.25) is 0 Å². The van der Waals surface area contributed by atoms with Crippen molar-refractivity contribution in [2.45, 2.75) is 37.7 Å². The van der Waals surface area contributed by atoms with Crippen LogP contribution in [0.1, 0.15) is 25.6 Å². The molecule has 1 saturated heterocycles. The Bertz CT molecular complexity index is 955. The molecule has 3 N–H and O–H groups in total. The van der Waals surface area contributed by atoms with Crippen molar-refractivity contribution in [2.75, 3.05) is 26.2 Å². The molecule has 8 nitrogen and oxygen atoms in total. The van der Waals surface area contributed by atoms with Crippen molar-refractivity contribution in [1.82, 2.24) is 24.9 Å². The number of alkyl halides is 3. The summed E-state index contributed by atoms with van der Waals surface area (Å²) in [6.45, 7) is 2.64. The van der Waals surface area contributed by atoms with Gasteiger partial charge in [-0.05, 0) is 31.9 Å². The van der Waals surface area contributed by atoms with Crippen molar-refractivity contribution >= 4 is 51.0 Å². The number of benzene rings is 1. The van der Waals surface area contributed by atoms with Crippen LogP contribution in [0.2, 0.25) is 0 Å². The van der Waals surface area contributed by atoms with Crippen LogP contribution in [-0.4, -0.2) is 66.4 Å². The highest BCUT2D eigenvalue weighted by Gasteiger charge is 2.50. The van der Waals surface area contributed by atoms with Gasteiger partial charge in [0.05, 0.1) is 11.0 Å². The molecule has 13 heteroatoms. The van der Waals surface area contributed by atoms with Crippen LogP contribution in [0, 0.1) is 0 Å². The fraction of sp³-hybridized carbons (Fsp3) is 0.556. The lowest BCUT2D eigenvalue weighted by Crippen LogP contribution is -2.51. The molecule has 1 aromatic carbocycles. The molecule has 174 valence electrons. The number of halogens is 4. The molecular formula is C18H26F3IN6O2S. The molecule has 0 bridgehead atoms. The minimum absolute atomic E-state index is 0. The van der Waals surface area contributed by atoms with Crippen molar-refractivity contribution in [2.24, 2.45) is 4.99 Å². The van der Waals surface area contributed by atoms with Gasteiger partial charge in [0.15, 0.2) is 5.96 Å². The van der Waals surface area contributed by atoms with Gasteiger partial charge in [-0.3, -0.25) is 4.99 Å². The highest BCUT2D eigenvalue weighted by Crippen LogP contribution is 2.28. The Kier molecular flexibility index (Phi) is 8.94. The molecule has 2 heterocycles. The standard InChI is InChI=1S/C18H25F3N6O2S.HI/c1-2-22-17(23-10-7-16-25-14-5-3-4-6-15(14)26-16)24-13-8-11-27(12-9-13)30(28,29)18(19,20)21;/h3-6,13H,2,7-12H2,1H3,(H,25,26)(H2,22,23,24);1H. The molecule has 0 spiro atoms. The molecule has 1 fully saturated rings. The number of hydrogen-bond donors (Lipinski definition) is 3. The number of para-hydroxylation sites is 2. The number of aromatic amines is 1. The van der Waals surface area contributed by atoms with Crippen LogP contribution in [0.4, 0.5) is 13.2 Å². The summed E-state index contributed by atoms with van der Waals surface area (Å²) < 4.78 is 61.6. The van der Waals surface area contributed by atoms with Gasteiger partial charge < -0.3 is 15.6 Å². The van der Waals surface area contributed by atoms with E-state index >= 15 is 0 Å². The number of nitrogens with one attached hydrogen (secondary N) is 3. The number of imidazole rings is 1. The number of sulfonamides is 1. The van der Waals surface area contributed by atoms with Crippen LogP contribution in [0.25, 0.3) is 11.0 Å². The van der Waals surface area contributed by atoms with Gasteiger partial charge in [-0.2, -0.15) is 17.5 Å². The molecule has 1 aromatic heterocycles. The SMILES string of the molecule is CCNC(=NCCc1nc2ccccc2[nH]1)NC1CCN(S(=O)(=O)C(F)(F)F)CC1.I. The van der Waals surface area contributed by atoms with Crippen molar-refractivity contribution in [3.8, 4) is 0 Å². The van der Waals surface area contributed by atoms with Crippen molar-refractivity contribution < 1.29 is 21.6 Å². The first-order valence-corrected chi connectivity index (χ1v) is 11.2. The zero-order valence-corrected chi connectivity index (χ0v) is 20.1. The number of piperidine rings is 1. The summed E-state index contributed by atoms with van der Waals surface area (Å²) >= 11 is 0. The number of nitrogens with zero attached hydrogens (tertiary/aromatic N) is 3. The summed E-state index contributed by atoms with van der Waals surface area (Å²) in [4.78, 5) is 12.2. The van der Waals surface area contributed by atoms with E-state index in [1.807, 2.05) is 31.2 Å². The number of rotatable bonds is 6. The van der Waals surface area contributed by atoms with Gasteiger partial charge in [-0.1, -0.05) is 12.1 Å². The Morgan fingerprint density at radius 3 is 2.58 bits per heavy atom. The van der Waals surface area contributed by atoms with Gasteiger partial charge in [-0.15, -0.1) is 24.0 Å². The van der Waals surface area contributed by atoms with E-state index in [0.29, 0.717) is 29.8 Å².